The van der Waals surface area contributed by atoms with E-state index >= 15 is 0 Å². The summed E-state index contributed by atoms with van der Waals surface area (Å²) in [5.41, 5.74) is 3.48. The Labute approximate surface area is 153 Å². The van der Waals surface area contributed by atoms with Crippen LogP contribution in [0.4, 0.5) is 8.78 Å². The van der Waals surface area contributed by atoms with Crippen LogP contribution in [0.2, 0.25) is 0 Å². The SMILES string of the molecule is CCc1ccc(CN(Cc2ccc(S(=O)(=O)C(F)F)cc2)C2CC2)cc1. The Bertz CT molecular complexity index is 829. The first-order chi connectivity index (χ1) is 12.4. The molecule has 1 saturated carbocycles. The molecule has 0 amide bonds. The second-order valence-corrected chi connectivity index (χ2v) is 8.67. The summed E-state index contributed by atoms with van der Waals surface area (Å²) in [7, 11) is -4.53. The zero-order valence-corrected chi connectivity index (χ0v) is 15.6. The third-order valence-corrected chi connectivity index (χ3v) is 6.15. The van der Waals surface area contributed by atoms with E-state index in [2.05, 4.69) is 36.1 Å². The van der Waals surface area contributed by atoms with Gasteiger partial charge in [-0.2, -0.15) is 8.78 Å². The van der Waals surface area contributed by atoms with Gasteiger partial charge < -0.3 is 0 Å². The molecule has 0 bridgehead atoms. The second kappa shape index (κ2) is 7.84. The van der Waals surface area contributed by atoms with Crippen molar-refractivity contribution in [3.8, 4) is 0 Å². The van der Waals surface area contributed by atoms with Gasteiger partial charge in [0, 0.05) is 19.1 Å². The highest BCUT2D eigenvalue weighted by Gasteiger charge is 2.29. The fourth-order valence-electron chi connectivity index (χ4n) is 2.99. The molecular formula is C20H23F2NO2S. The summed E-state index contributed by atoms with van der Waals surface area (Å²) < 4.78 is 48.3. The Morgan fingerprint density at radius 2 is 1.38 bits per heavy atom. The highest BCUT2D eigenvalue weighted by molar-refractivity contribution is 7.91. The average Bonchev–Trinajstić information content (AvgIpc) is 3.47. The first kappa shape index (κ1) is 19.0. The van der Waals surface area contributed by atoms with Crippen molar-refractivity contribution in [3.63, 3.8) is 0 Å². The molecule has 0 radical (unpaired) electrons. The molecule has 1 aliphatic rings. The van der Waals surface area contributed by atoms with E-state index in [1.165, 1.54) is 23.3 Å². The number of rotatable bonds is 8. The molecule has 6 heteroatoms. The number of nitrogens with zero attached hydrogens (tertiary/aromatic N) is 1. The van der Waals surface area contributed by atoms with Gasteiger partial charge in [0.05, 0.1) is 4.90 Å². The lowest BCUT2D eigenvalue weighted by Gasteiger charge is -2.22. The largest absolute Gasteiger partial charge is 0.341 e. The van der Waals surface area contributed by atoms with Crippen molar-refractivity contribution in [2.24, 2.45) is 0 Å². The zero-order valence-electron chi connectivity index (χ0n) is 14.7. The van der Waals surface area contributed by atoms with E-state index < -0.39 is 15.6 Å². The molecule has 0 unspecified atom stereocenters. The van der Waals surface area contributed by atoms with Gasteiger partial charge in [0.15, 0.2) is 0 Å². The summed E-state index contributed by atoms with van der Waals surface area (Å²) in [6, 6.07) is 14.9. The second-order valence-electron chi connectivity index (χ2n) is 6.76. The molecule has 0 heterocycles. The average molecular weight is 379 g/mol. The topological polar surface area (TPSA) is 37.4 Å². The predicted molar refractivity (Wildman–Crippen MR) is 97.7 cm³/mol. The Morgan fingerprint density at radius 1 is 0.923 bits per heavy atom. The summed E-state index contributed by atoms with van der Waals surface area (Å²) in [5, 5.41) is 0. The highest BCUT2D eigenvalue weighted by atomic mass is 32.2. The molecular weight excluding hydrogens is 356 g/mol. The van der Waals surface area contributed by atoms with Crippen LogP contribution >= 0.6 is 0 Å². The fourth-order valence-corrected chi connectivity index (χ4v) is 3.71. The fraction of sp³-hybridized carbons (Fsp3) is 0.400. The standard InChI is InChI=1S/C20H23F2NO2S/c1-2-15-3-5-16(6-4-15)13-23(18-9-10-18)14-17-7-11-19(12-8-17)26(24,25)20(21)22/h3-8,11-12,18,20H,2,9-10,13-14H2,1H3. The lowest BCUT2D eigenvalue weighted by molar-refractivity contribution is 0.234. The summed E-state index contributed by atoms with van der Waals surface area (Å²) in [6.45, 7) is 3.63. The quantitative estimate of drug-likeness (QED) is 0.682. The first-order valence-corrected chi connectivity index (χ1v) is 10.4. The minimum Gasteiger partial charge on any atom is -0.292 e. The molecule has 2 aromatic rings. The highest BCUT2D eigenvalue weighted by Crippen LogP contribution is 2.30. The van der Waals surface area contributed by atoms with Crippen LogP contribution in [0.1, 0.15) is 36.5 Å². The van der Waals surface area contributed by atoms with Gasteiger partial charge in [0.1, 0.15) is 0 Å². The van der Waals surface area contributed by atoms with Gasteiger partial charge in [0.25, 0.3) is 0 Å². The Morgan fingerprint density at radius 3 is 1.81 bits per heavy atom. The van der Waals surface area contributed by atoms with Gasteiger partial charge >= 0.3 is 5.76 Å². The molecule has 2 aromatic carbocycles. The number of alkyl halides is 2. The molecule has 0 aliphatic heterocycles. The number of aryl methyl sites for hydroxylation is 1. The number of halogens is 2. The number of hydrogen-bond acceptors (Lipinski definition) is 3. The molecule has 0 spiro atoms. The maximum Gasteiger partial charge on any atom is 0.341 e. The molecule has 0 atom stereocenters. The molecule has 1 fully saturated rings. The summed E-state index contributed by atoms with van der Waals surface area (Å²) in [5.74, 6) is -3.39. The lowest BCUT2D eigenvalue weighted by atomic mass is 10.1. The predicted octanol–water partition coefficient (Wildman–Crippen LogP) is 4.41. The minimum absolute atomic E-state index is 0.329. The normalized spacial score (nSPS) is 15.0. The maximum atomic E-state index is 12.6. The summed E-state index contributed by atoms with van der Waals surface area (Å²) in [4.78, 5) is 2.03. The van der Waals surface area contributed by atoms with E-state index in [1.807, 2.05) is 0 Å². The Balaban J connectivity index is 1.70. The molecule has 140 valence electrons. The van der Waals surface area contributed by atoms with Crippen molar-refractivity contribution in [3.05, 3.63) is 65.2 Å². The van der Waals surface area contributed by atoms with Gasteiger partial charge in [-0.05, 0) is 48.1 Å². The number of hydrogen-bond donors (Lipinski definition) is 0. The third-order valence-electron chi connectivity index (χ3n) is 4.75. The van der Waals surface area contributed by atoms with Crippen molar-refractivity contribution in [1.82, 2.24) is 4.90 Å². The van der Waals surface area contributed by atoms with Crippen LogP contribution in [0.3, 0.4) is 0 Å². The van der Waals surface area contributed by atoms with Crippen LogP contribution in [0, 0.1) is 0 Å². The molecule has 0 aromatic heterocycles. The van der Waals surface area contributed by atoms with E-state index in [4.69, 9.17) is 0 Å². The van der Waals surface area contributed by atoms with Crippen molar-refractivity contribution < 1.29 is 17.2 Å². The van der Waals surface area contributed by atoms with E-state index in [0.717, 1.165) is 31.4 Å². The van der Waals surface area contributed by atoms with Gasteiger partial charge in [-0.15, -0.1) is 0 Å². The van der Waals surface area contributed by atoms with Crippen LogP contribution in [-0.2, 0) is 29.3 Å². The van der Waals surface area contributed by atoms with Crippen molar-refractivity contribution in [2.45, 2.75) is 56.0 Å². The van der Waals surface area contributed by atoms with E-state index in [9.17, 15) is 17.2 Å². The van der Waals surface area contributed by atoms with Gasteiger partial charge in [-0.1, -0.05) is 43.3 Å². The number of sulfone groups is 1. The maximum absolute atomic E-state index is 12.6. The van der Waals surface area contributed by atoms with Gasteiger partial charge in [0.2, 0.25) is 9.84 Å². The smallest absolute Gasteiger partial charge is 0.292 e. The number of benzene rings is 2. The molecule has 0 saturated heterocycles. The lowest BCUT2D eigenvalue weighted by Crippen LogP contribution is -2.25. The Hall–Kier alpha value is -1.79. The molecule has 0 N–H and O–H groups in total. The van der Waals surface area contributed by atoms with Gasteiger partial charge in [-0.25, -0.2) is 8.42 Å². The van der Waals surface area contributed by atoms with E-state index in [-0.39, 0.29) is 4.90 Å². The first-order valence-electron chi connectivity index (χ1n) is 8.83. The van der Waals surface area contributed by atoms with Gasteiger partial charge in [-0.3, -0.25) is 4.90 Å². The Kier molecular flexibility index (Phi) is 5.73. The van der Waals surface area contributed by atoms with Crippen LogP contribution in [0.5, 0.6) is 0 Å². The van der Waals surface area contributed by atoms with Crippen LogP contribution < -0.4 is 0 Å². The van der Waals surface area contributed by atoms with Crippen LogP contribution in [0.15, 0.2) is 53.4 Å². The van der Waals surface area contributed by atoms with Crippen LogP contribution in [0.25, 0.3) is 0 Å². The van der Waals surface area contributed by atoms with Crippen molar-refractivity contribution in [1.29, 1.82) is 0 Å². The molecule has 26 heavy (non-hydrogen) atoms. The van der Waals surface area contributed by atoms with E-state index in [1.54, 1.807) is 12.1 Å². The summed E-state index contributed by atoms with van der Waals surface area (Å²) >= 11 is 0. The summed E-state index contributed by atoms with van der Waals surface area (Å²) in [6.07, 6.45) is 3.33. The van der Waals surface area contributed by atoms with E-state index in [0.29, 0.717) is 12.6 Å². The zero-order chi connectivity index (χ0) is 18.7. The van der Waals surface area contributed by atoms with Crippen molar-refractivity contribution in [2.75, 3.05) is 0 Å². The monoisotopic (exact) mass is 379 g/mol. The molecule has 1 aliphatic carbocycles. The molecule has 3 rings (SSSR count). The van der Waals surface area contributed by atoms with Crippen LogP contribution in [-0.4, -0.2) is 25.1 Å². The minimum atomic E-state index is -4.53. The van der Waals surface area contributed by atoms with Crippen molar-refractivity contribution >= 4 is 9.84 Å². The third kappa shape index (κ3) is 4.48. The molecule has 3 nitrogen and oxygen atoms in total.